The molecule has 0 aromatic heterocycles. The van der Waals surface area contributed by atoms with Gasteiger partial charge < -0.3 is 10.1 Å². The van der Waals surface area contributed by atoms with E-state index in [-0.39, 0.29) is 17.7 Å². The predicted molar refractivity (Wildman–Crippen MR) is 95.8 cm³/mol. The Morgan fingerprint density at radius 3 is 2.46 bits per heavy atom. The minimum atomic E-state index is -0.151. The van der Waals surface area contributed by atoms with Gasteiger partial charge in [-0.25, -0.2) is 4.79 Å². The molecule has 0 spiro atoms. The SMILES string of the molecule is CNCC(C)N(C(=O)OCc1ccccc1)C12CCC(CC1)CC2. The fourth-order valence-corrected chi connectivity index (χ4v) is 4.60. The molecule has 4 rings (SSSR count). The first-order valence-electron chi connectivity index (χ1n) is 9.29. The number of carbonyl (C=O) groups excluding carboxylic acids is 1. The molecule has 1 aromatic rings. The first kappa shape index (κ1) is 17.3. The summed E-state index contributed by atoms with van der Waals surface area (Å²) in [7, 11) is 1.94. The maximum Gasteiger partial charge on any atom is 0.410 e. The molecule has 0 saturated heterocycles. The van der Waals surface area contributed by atoms with E-state index >= 15 is 0 Å². The summed E-state index contributed by atoms with van der Waals surface area (Å²) in [6.07, 6.45) is 7.02. The zero-order valence-electron chi connectivity index (χ0n) is 15.0. The van der Waals surface area contributed by atoms with Crippen molar-refractivity contribution < 1.29 is 9.53 Å². The van der Waals surface area contributed by atoms with Crippen molar-refractivity contribution in [3.05, 3.63) is 35.9 Å². The zero-order chi connectivity index (χ0) is 17.0. The Morgan fingerprint density at radius 1 is 1.25 bits per heavy atom. The molecule has 3 aliphatic rings. The number of rotatable bonds is 6. The molecular weight excluding hydrogens is 300 g/mol. The Hall–Kier alpha value is -1.55. The minimum absolute atomic E-state index is 0.0127. The van der Waals surface area contributed by atoms with Gasteiger partial charge in [-0.2, -0.15) is 0 Å². The third kappa shape index (κ3) is 3.59. The van der Waals surface area contributed by atoms with Gasteiger partial charge in [0, 0.05) is 18.1 Å². The number of benzene rings is 1. The third-order valence-electron chi connectivity index (χ3n) is 5.91. The van der Waals surface area contributed by atoms with Crippen molar-refractivity contribution in [3.63, 3.8) is 0 Å². The maximum atomic E-state index is 13.0. The zero-order valence-corrected chi connectivity index (χ0v) is 15.0. The van der Waals surface area contributed by atoms with Crippen LogP contribution in [0.25, 0.3) is 0 Å². The molecule has 0 aliphatic heterocycles. The Balaban J connectivity index is 1.72. The molecule has 1 aromatic carbocycles. The van der Waals surface area contributed by atoms with Crippen LogP contribution in [0.4, 0.5) is 4.79 Å². The lowest BCUT2D eigenvalue weighted by Crippen LogP contribution is -2.61. The van der Waals surface area contributed by atoms with E-state index in [9.17, 15) is 4.79 Å². The molecule has 0 radical (unpaired) electrons. The molecule has 2 bridgehead atoms. The summed E-state index contributed by atoms with van der Waals surface area (Å²) in [6, 6.07) is 10.1. The van der Waals surface area contributed by atoms with Crippen molar-refractivity contribution in [2.24, 2.45) is 5.92 Å². The van der Waals surface area contributed by atoms with Gasteiger partial charge >= 0.3 is 6.09 Å². The van der Waals surface area contributed by atoms with Gasteiger partial charge in [0.05, 0.1) is 0 Å². The number of hydrogen-bond donors (Lipinski definition) is 1. The molecule has 1 N–H and O–H groups in total. The first-order chi connectivity index (χ1) is 11.6. The molecule has 4 nitrogen and oxygen atoms in total. The van der Waals surface area contributed by atoms with Crippen molar-refractivity contribution >= 4 is 6.09 Å². The number of carbonyl (C=O) groups is 1. The number of likely N-dealkylation sites (N-methyl/N-ethyl adjacent to an activating group) is 1. The van der Waals surface area contributed by atoms with Gasteiger partial charge in [0.25, 0.3) is 0 Å². The second kappa shape index (κ2) is 7.56. The molecule has 24 heavy (non-hydrogen) atoms. The molecule has 132 valence electrons. The molecule has 0 heterocycles. The average Bonchev–Trinajstić information content (AvgIpc) is 2.62. The number of ether oxygens (including phenoxy) is 1. The number of nitrogens with one attached hydrogen (secondary N) is 1. The molecule has 1 unspecified atom stereocenters. The van der Waals surface area contributed by atoms with Crippen LogP contribution in [0.15, 0.2) is 30.3 Å². The minimum Gasteiger partial charge on any atom is -0.445 e. The largest absolute Gasteiger partial charge is 0.445 e. The summed E-state index contributed by atoms with van der Waals surface area (Å²) in [4.78, 5) is 15.1. The van der Waals surface area contributed by atoms with Gasteiger partial charge in [0.1, 0.15) is 6.61 Å². The van der Waals surface area contributed by atoms with Crippen molar-refractivity contribution in [1.29, 1.82) is 0 Å². The van der Waals surface area contributed by atoms with E-state index in [0.717, 1.165) is 37.3 Å². The lowest BCUT2D eigenvalue weighted by atomic mass is 9.64. The molecule has 3 saturated carbocycles. The fourth-order valence-electron chi connectivity index (χ4n) is 4.60. The summed E-state index contributed by atoms with van der Waals surface area (Å²) in [5.41, 5.74) is 1.05. The summed E-state index contributed by atoms with van der Waals surface area (Å²) in [5, 5.41) is 3.22. The molecule has 3 aliphatic carbocycles. The van der Waals surface area contributed by atoms with Crippen LogP contribution in [0.2, 0.25) is 0 Å². The summed E-state index contributed by atoms with van der Waals surface area (Å²) in [5.74, 6) is 0.883. The molecule has 3 fully saturated rings. The van der Waals surface area contributed by atoms with Crippen LogP contribution >= 0.6 is 0 Å². The fraction of sp³-hybridized carbons (Fsp3) is 0.650. The van der Waals surface area contributed by atoms with Gasteiger partial charge in [-0.15, -0.1) is 0 Å². The van der Waals surface area contributed by atoms with Gasteiger partial charge in [-0.1, -0.05) is 30.3 Å². The van der Waals surface area contributed by atoms with E-state index in [2.05, 4.69) is 17.1 Å². The summed E-state index contributed by atoms with van der Waals surface area (Å²) < 4.78 is 5.71. The van der Waals surface area contributed by atoms with E-state index in [1.807, 2.05) is 37.4 Å². The molecule has 1 atom stereocenters. The quantitative estimate of drug-likeness (QED) is 0.858. The van der Waals surface area contributed by atoms with Gasteiger partial charge in [0.15, 0.2) is 0 Å². The van der Waals surface area contributed by atoms with Gasteiger partial charge in [0.2, 0.25) is 0 Å². The second-order valence-corrected chi connectivity index (χ2v) is 7.52. The van der Waals surface area contributed by atoms with Crippen molar-refractivity contribution in [3.8, 4) is 0 Å². The number of hydrogen-bond acceptors (Lipinski definition) is 3. The summed E-state index contributed by atoms with van der Waals surface area (Å²) >= 11 is 0. The van der Waals surface area contributed by atoms with Gasteiger partial charge in [-0.05, 0) is 64.0 Å². The maximum absolute atomic E-state index is 13.0. The number of nitrogens with zero attached hydrogens (tertiary/aromatic N) is 1. The van der Waals surface area contributed by atoms with Crippen LogP contribution in [0.1, 0.15) is 51.0 Å². The second-order valence-electron chi connectivity index (χ2n) is 7.52. The average molecular weight is 330 g/mol. The van der Waals surface area contributed by atoms with E-state index in [1.165, 1.54) is 19.3 Å². The van der Waals surface area contributed by atoms with Crippen molar-refractivity contribution in [2.45, 2.75) is 63.6 Å². The van der Waals surface area contributed by atoms with Crippen LogP contribution in [0.3, 0.4) is 0 Å². The van der Waals surface area contributed by atoms with Crippen LogP contribution in [0, 0.1) is 5.92 Å². The number of amides is 1. The standard InChI is InChI=1S/C20H30N2O2/c1-16(14-21-2)22(20-11-8-17(9-12-20)10-13-20)19(23)24-15-18-6-4-3-5-7-18/h3-7,16-17,21H,8-15H2,1-2H3. The normalized spacial score (nSPS) is 26.8. The van der Waals surface area contributed by atoms with Crippen LogP contribution < -0.4 is 5.32 Å². The summed E-state index contributed by atoms with van der Waals surface area (Å²) in [6.45, 7) is 3.28. The number of fused-ring (bicyclic) bond motifs is 3. The molecule has 4 heteroatoms. The molecular formula is C20H30N2O2. The first-order valence-corrected chi connectivity index (χ1v) is 9.29. The lowest BCUT2D eigenvalue weighted by Gasteiger charge is -2.54. The van der Waals surface area contributed by atoms with Gasteiger partial charge in [-0.3, -0.25) is 4.90 Å². The van der Waals surface area contributed by atoms with Crippen LogP contribution in [-0.4, -0.2) is 36.2 Å². The van der Waals surface area contributed by atoms with E-state index in [0.29, 0.717) is 6.61 Å². The van der Waals surface area contributed by atoms with Crippen LogP contribution in [-0.2, 0) is 11.3 Å². The smallest absolute Gasteiger partial charge is 0.410 e. The highest BCUT2D eigenvalue weighted by Crippen LogP contribution is 2.48. The Labute approximate surface area is 145 Å². The Kier molecular flexibility index (Phi) is 5.44. The van der Waals surface area contributed by atoms with E-state index < -0.39 is 0 Å². The monoisotopic (exact) mass is 330 g/mol. The highest BCUT2D eigenvalue weighted by atomic mass is 16.6. The Morgan fingerprint density at radius 2 is 1.88 bits per heavy atom. The van der Waals surface area contributed by atoms with Crippen molar-refractivity contribution in [1.82, 2.24) is 10.2 Å². The van der Waals surface area contributed by atoms with E-state index in [1.54, 1.807) is 0 Å². The highest BCUT2D eigenvalue weighted by molar-refractivity contribution is 5.69. The van der Waals surface area contributed by atoms with E-state index in [4.69, 9.17) is 4.74 Å². The highest BCUT2D eigenvalue weighted by Gasteiger charge is 2.48. The van der Waals surface area contributed by atoms with Crippen molar-refractivity contribution in [2.75, 3.05) is 13.6 Å². The predicted octanol–water partition coefficient (Wildman–Crippen LogP) is 3.96. The Bertz CT molecular complexity index is 524. The third-order valence-corrected chi connectivity index (χ3v) is 5.91. The van der Waals surface area contributed by atoms with Crippen LogP contribution in [0.5, 0.6) is 0 Å². The molecule has 1 amide bonds. The lowest BCUT2D eigenvalue weighted by molar-refractivity contribution is -0.0318. The topological polar surface area (TPSA) is 41.6 Å².